The van der Waals surface area contributed by atoms with Crippen LogP contribution in [0.1, 0.15) is 35.8 Å². The van der Waals surface area contributed by atoms with Crippen LogP contribution < -0.4 is 14.8 Å². The molecule has 2 aliphatic heterocycles. The fraction of sp³-hybridized carbons (Fsp3) is 0.381. The maximum absolute atomic E-state index is 12.9. The summed E-state index contributed by atoms with van der Waals surface area (Å²) in [4.78, 5) is 21.9. The first-order valence-corrected chi connectivity index (χ1v) is 9.47. The molecule has 0 atom stereocenters. The van der Waals surface area contributed by atoms with Gasteiger partial charge in [-0.1, -0.05) is 13.0 Å². The van der Waals surface area contributed by atoms with Gasteiger partial charge in [-0.15, -0.1) is 0 Å². The van der Waals surface area contributed by atoms with Gasteiger partial charge in [-0.2, -0.15) is 4.98 Å². The minimum atomic E-state index is -0.328. The molecule has 0 unspecified atom stereocenters. The molecule has 1 aliphatic carbocycles. The Hall–Kier alpha value is -3.13. The highest BCUT2D eigenvalue weighted by Gasteiger charge is 2.61. The van der Waals surface area contributed by atoms with Gasteiger partial charge in [0, 0.05) is 24.5 Å². The zero-order chi connectivity index (χ0) is 20.2. The monoisotopic (exact) mass is 394 g/mol. The van der Waals surface area contributed by atoms with Crippen LogP contribution in [0, 0.1) is 5.41 Å². The van der Waals surface area contributed by atoms with Crippen molar-refractivity contribution in [3.05, 3.63) is 47.9 Å². The first-order chi connectivity index (χ1) is 13.9. The van der Waals surface area contributed by atoms with E-state index in [0.717, 1.165) is 25.1 Å². The highest BCUT2D eigenvalue weighted by molar-refractivity contribution is 6.05. The normalized spacial score (nSPS) is 24.9. The molecule has 6 rings (SSSR count). The van der Waals surface area contributed by atoms with Gasteiger partial charge in [0.15, 0.2) is 0 Å². The number of nitrogens with one attached hydrogen (secondary N) is 1. The lowest BCUT2D eigenvalue weighted by atomic mass is 9.63. The second kappa shape index (κ2) is 6.18. The fourth-order valence-corrected chi connectivity index (χ4v) is 4.46. The van der Waals surface area contributed by atoms with E-state index >= 15 is 0 Å². The van der Waals surface area contributed by atoms with E-state index < -0.39 is 0 Å². The van der Waals surface area contributed by atoms with E-state index in [1.807, 2.05) is 10.6 Å². The predicted octanol–water partition coefficient (Wildman–Crippen LogP) is 3.02. The molecule has 1 amide bonds. The Morgan fingerprint density at radius 1 is 1.21 bits per heavy atom. The molecule has 3 aromatic heterocycles. The van der Waals surface area contributed by atoms with E-state index in [1.165, 1.54) is 14.2 Å². The van der Waals surface area contributed by atoms with E-state index in [2.05, 4.69) is 17.2 Å². The second-order valence-corrected chi connectivity index (χ2v) is 8.11. The average molecular weight is 394 g/mol. The molecule has 29 heavy (non-hydrogen) atoms. The molecule has 1 saturated carbocycles. The highest BCUT2D eigenvalue weighted by Crippen LogP contribution is 2.62. The highest BCUT2D eigenvalue weighted by atomic mass is 16.5. The lowest BCUT2D eigenvalue weighted by Crippen LogP contribution is -2.40. The number of imidazole rings is 1. The Balaban J connectivity index is 1.47. The molecule has 3 aromatic rings. The van der Waals surface area contributed by atoms with Gasteiger partial charge in [0.05, 0.1) is 32.1 Å². The molecule has 150 valence electrons. The number of carbonyl (C=O) groups excluding carboxylic acids is 1. The molecule has 0 spiro atoms. The number of pyridine rings is 2. The Morgan fingerprint density at radius 2 is 2.03 bits per heavy atom. The van der Waals surface area contributed by atoms with Crippen LogP contribution in [0.2, 0.25) is 0 Å². The minimum Gasteiger partial charge on any atom is -0.496 e. The number of hydrogen-bond acceptors (Lipinski definition) is 6. The van der Waals surface area contributed by atoms with E-state index in [4.69, 9.17) is 19.2 Å². The molecular formula is C21H22N4O4. The molecule has 3 aliphatic rings. The third kappa shape index (κ3) is 2.82. The molecule has 3 fully saturated rings. The largest absolute Gasteiger partial charge is 0.496 e. The fourth-order valence-electron chi connectivity index (χ4n) is 4.46. The second-order valence-electron chi connectivity index (χ2n) is 8.11. The summed E-state index contributed by atoms with van der Waals surface area (Å²) in [5.74, 6) is 0.937. The predicted molar refractivity (Wildman–Crippen MR) is 105 cm³/mol. The van der Waals surface area contributed by atoms with Crippen LogP contribution in [-0.4, -0.2) is 41.1 Å². The van der Waals surface area contributed by atoms with Gasteiger partial charge in [0.1, 0.15) is 22.8 Å². The van der Waals surface area contributed by atoms with Crippen LogP contribution in [-0.2, 0) is 10.3 Å². The van der Waals surface area contributed by atoms with Crippen LogP contribution in [0.5, 0.6) is 11.6 Å². The van der Waals surface area contributed by atoms with Crippen molar-refractivity contribution in [2.45, 2.75) is 25.4 Å². The quantitative estimate of drug-likeness (QED) is 0.716. The number of carbonyl (C=O) groups is 1. The topological polar surface area (TPSA) is 87.0 Å². The first kappa shape index (κ1) is 17.9. The van der Waals surface area contributed by atoms with E-state index in [1.54, 1.807) is 30.5 Å². The van der Waals surface area contributed by atoms with Gasteiger partial charge in [-0.3, -0.25) is 4.79 Å². The van der Waals surface area contributed by atoms with Gasteiger partial charge in [0.2, 0.25) is 5.88 Å². The van der Waals surface area contributed by atoms with Crippen molar-refractivity contribution in [3.63, 3.8) is 0 Å². The maximum atomic E-state index is 12.9. The Bertz CT molecular complexity index is 1120. The number of aromatic nitrogens is 3. The van der Waals surface area contributed by atoms with Crippen LogP contribution in [0.4, 0.5) is 5.82 Å². The summed E-state index contributed by atoms with van der Waals surface area (Å²) in [7, 11) is 3.06. The molecule has 0 aromatic carbocycles. The van der Waals surface area contributed by atoms with Crippen molar-refractivity contribution < 1.29 is 19.0 Å². The molecular weight excluding hydrogens is 372 g/mol. The van der Waals surface area contributed by atoms with Gasteiger partial charge in [0.25, 0.3) is 5.91 Å². The van der Waals surface area contributed by atoms with Crippen molar-refractivity contribution in [2.24, 2.45) is 5.41 Å². The van der Waals surface area contributed by atoms with Crippen molar-refractivity contribution >= 4 is 17.4 Å². The summed E-state index contributed by atoms with van der Waals surface area (Å²) in [6.45, 7) is 3.01. The maximum Gasteiger partial charge on any atom is 0.262 e. The zero-order valence-electron chi connectivity index (χ0n) is 16.6. The molecule has 0 radical (unpaired) electrons. The molecule has 2 saturated heterocycles. The minimum absolute atomic E-state index is 0.266. The third-order valence-electron chi connectivity index (χ3n) is 5.78. The lowest BCUT2D eigenvalue weighted by molar-refractivity contribution is -0.0200. The lowest BCUT2D eigenvalue weighted by Gasteiger charge is -2.41. The SMILES string of the molecule is COc1cccc(NC(=O)c2cn3cc(C45CC(C)(CO4)C5)nc3cc2OC)n1. The van der Waals surface area contributed by atoms with Crippen molar-refractivity contribution in [3.8, 4) is 11.6 Å². The molecule has 8 heteroatoms. The molecule has 2 bridgehead atoms. The van der Waals surface area contributed by atoms with Crippen molar-refractivity contribution in [2.75, 3.05) is 26.1 Å². The van der Waals surface area contributed by atoms with Gasteiger partial charge in [-0.05, 0) is 24.3 Å². The van der Waals surface area contributed by atoms with E-state index in [-0.39, 0.29) is 16.9 Å². The summed E-state index contributed by atoms with van der Waals surface area (Å²) in [5, 5.41) is 2.79. The summed E-state index contributed by atoms with van der Waals surface area (Å²) in [6.07, 6.45) is 5.63. The number of fused-ring (bicyclic) bond motifs is 2. The first-order valence-electron chi connectivity index (χ1n) is 9.47. The number of amides is 1. The molecule has 5 heterocycles. The number of nitrogens with zero attached hydrogens (tertiary/aromatic N) is 3. The standard InChI is InChI=1S/C21H22N4O4/c1-20-10-21(11-20,29-12-20)15-9-25-8-13(14(27-2)7-17(25)22-15)19(26)24-16-5-4-6-18(23-16)28-3/h4-9H,10-12H2,1-3H3,(H,23,24,26). The van der Waals surface area contributed by atoms with Crippen molar-refractivity contribution in [1.29, 1.82) is 0 Å². The number of ether oxygens (including phenoxy) is 3. The van der Waals surface area contributed by atoms with Gasteiger partial charge >= 0.3 is 0 Å². The molecule has 8 nitrogen and oxygen atoms in total. The van der Waals surface area contributed by atoms with Crippen molar-refractivity contribution in [1.82, 2.24) is 14.4 Å². The average Bonchev–Trinajstić information content (AvgIpc) is 3.37. The number of rotatable bonds is 5. The van der Waals surface area contributed by atoms with Crippen LogP contribution in [0.3, 0.4) is 0 Å². The van der Waals surface area contributed by atoms with Crippen LogP contribution in [0.25, 0.3) is 5.65 Å². The summed E-state index contributed by atoms with van der Waals surface area (Å²) in [5.41, 5.74) is 1.98. The van der Waals surface area contributed by atoms with Gasteiger partial charge in [-0.25, -0.2) is 4.98 Å². The summed E-state index contributed by atoms with van der Waals surface area (Å²) < 4.78 is 18.5. The Morgan fingerprint density at radius 3 is 2.72 bits per heavy atom. The van der Waals surface area contributed by atoms with E-state index in [0.29, 0.717) is 28.7 Å². The van der Waals surface area contributed by atoms with Gasteiger partial charge < -0.3 is 23.9 Å². The summed E-state index contributed by atoms with van der Waals surface area (Å²) >= 11 is 0. The number of anilines is 1. The number of hydrogen-bond donors (Lipinski definition) is 1. The number of methoxy groups -OCH3 is 2. The van der Waals surface area contributed by atoms with Crippen LogP contribution in [0.15, 0.2) is 36.7 Å². The smallest absolute Gasteiger partial charge is 0.262 e. The Labute approximate surface area is 167 Å². The van der Waals surface area contributed by atoms with E-state index in [9.17, 15) is 4.79 Å². The zero-order valence-corrected chi connectivity index (χ0v) is 16.6. The molecule has 1 N–H and O–H groups in total. The Kier molecular flexibility index (Phi) is 3.82. The third-order valence-corrected chi connectivity index (χ3v) is 5.78. The summed E-state index contributed by atoms with van der Waals surface area (Å²) in [6, 6.07) is 6.94. The van der Waals surface area contributed by atoms with Crippen LogP contribution >= 0.6 is 0 Å².